The lowest BCUT2D eigenvalue weighted by Crippen LogP contribution is -2.43. The Morgan fingerprint density at radius 1 is 1.21 bits per heavy atom. The van der Waals surface area contributed by atoms with Crippen molar-refractivity contribution >= 4 is 5.91 Å². The molecule has 24 heavy (non-hydrogen) atoms. The molecule has 0 aliphatic rings. The van der Waals surface area contributed by atoms with Gasteiger partial charge >= 0.3 is 0 Å². The van der Waals surface area contributed by atoms with E-state index in [0.717, 1.165) is 18.4 Å². The Labute approximate surface area is 141 Å². The summed E-state index contributed by atoms with van der Waals surface area (Å²) in [5.74, 6) is 0.486. The standard InChI is InChI=1S/C18H24FN3O2/c1-4-10-18(11-5-2,16(23)20-3)17-21-15(22-24-17)12-13-6-8-14(19)9-7-13/h6-9H,4-5,10-12H2,1-3H3,(H,20,23). The molecule has 1 N–H and O–H groups in total. The lowest BCUT2D eigenvalue weighted by Gasteiger charge is -2.27. The molecular formula is C18H24FN3O2. The fraction of sp³-hybridized carbons (Fsp3) is 0.500. The molecule has 0 spiro atoms. The van der Waals surface area contributed by atoms with Crippen molar-refractivity contribution in [2.75, 3.05) is 7.05 Å². The zero-order valence-electron chi connectivity index (χ0n) is 14.4. The number of hydrogen-bond donors (Lipinski definition) is 1. The summed E-state index contributed by atoms with van der Waals surface area (Å²) >= 11 is 0. The highest BCUT2D eigenvalue weighted by Crippen LogP contribution is 2.34. The predicted octanol–water partition coefficient (Wildman–Crippen LogP) is 3.38. The molecule has 0 unspecified atom stereocenters. The van der Waals surface area contributed by atoms with Crippen LogP contribution in [0.25, 0.3) is 0 Å². The molecule has 1 aromatic heterocycles. The molecule has 0 saturated heterocycles. The summed E-state index contributed by atoms with van der Waals surface area (Å²) in [6.45, 7) is 4.06. The molecule has 6 heteroatoms. The Balaban J connectivity index is 2.29. The van der Waals surface area contributed by atoms with Gasteiger partial charge in [0, 0.05) is 13.5 Å². The third-order valence-electron chi connectivity index (χ3n) is 4.17. The van der Waals surface area contributed by atoms with E-state index in [9.17, 15) is 9.18 Å². The number of aromatic nitrogens is 2. The van der Waals surface area contributed by atoms with Crippen LogP contribution < -0.4 is 5.32 Å². The Morgan fingerprint density at radius 3 is 2.38 bits per heavy atom. The minimum absolute atomic E-state index is 0.0943. The van der Waals surface area contributed by atoms with Gasteiger partial charge in [0.2, 0.25) is 11.8 Å². The van der Waals surface area contributed by atoms with Crippen molar-refractivity contribution in [2.24, 2.45) is 0 Å². The van der Waals surface area contributed by atoms with Crippen LogP contribution in [0.4, 0.5) is 4.39 Å². The second-order valence-electron chi connectivity index (χ2n) is 5.98. The highest BCUT2D eigenvalue weighted by atomic mass is 19.1. The van der Waals surface area contributed by atoms with Crippen LogP contribution in [0.3, 0.4) is 0 Å². The molecule has 1 heterocycles. The normalized spacial score (nSPS) is 11.5. The van der Waals surface area contributed by atoms with Gasteiger partial charge in [-0.3, -0.25) is 4.79 Å². The van der Waals surface area contributed by atoms with Gasteiger partial charge in [-0.1, -0.05) is 44.0 Å². The number of rotatable bonds is 8. The van der Waals surface area contributed by atoms with E-state index in [4.69, 9.17) is 4.52 Å². The van der Waals surface area contributed by atoms with E-state index in [-0.39, 0.29) is 11.7 Å². The third-order valence-corrected chi connectivity index (χ3v) is 4.17. The molecule has 0 fully saturated rings. The van der Waals surface area contributed by atoms with Crippen LogP contribution in [0.1, 0.15) is 56.8 Å². The summed E-state index contributed by atoms with van der Waals surface area (Å²) in [5, 5.41) is 6.75. The van der Waals surface area contributed by atoms with Crippen molar-refractivity contribution in [3.05, 3.63) is 47.4 Å². The molecule has 1 amide bonds. The fourth-order valence-electron chi connectivity index (χ4n) is 3.06. The Hall–Kier alpha value is -2.24. The van der Waals surface area contributed by atoms with E-state index in [0.29, 0.717) is 31.0 Å². The topological polar surface area (TPSA) is 68.0 Å². The van der Waals surface area contributed by atoms with Gasteiger partial charge in [-0.2, -0.15) is 4.98 Å². The van der Waals surface area contributed by atoms with E-state index >= 15 is 0 Å². The average Bonchev–Trinajstić information content (AvgIpc) is 3.05. The molecule has 0 aliphatic carbocycles. The van der Waals surface area contributed by atoms with Crippen LogP contribution in [-0.4, -0.2) is 23.1 Å². The summed E-state index contributed by atoms with van der Waals surface area (Å²) in [4.78, 5) is 17.0. The molecule has 0 aliphatic heterocycles. The van der Waals surface area contributed by atoms with E-state index in [1.165, 1.54) is 12.1 Å². The quantitative estimate of drug-likeness (QED) is 0.804. The van der Waals surface area contributed by atoms with Crippen molar-refractivity contribution in [1.82, 2.24) is 15.5 Å². The molecule has 5 nitrogen and oxygen atoms in total. The predicted molar refractivity (Wildman–Crippen MR) is 89.1 cm³/mol. The molecule has 130 valence electrons. The Kier molecular flexibility index (Phi) is 6.06. The van der Waals surface area contributed by atoms with Crippen molar-refractivity contribution in [3.63, 3.8) is 0 Å². The zero-order chi connectivity index (χ0) is 17.6. The van der Waals surface area contributed by atoms with Gasteiger partial charge in [0.1, 0.15) is 11.2 Å². The van der Waals surface area contributed by atoms with Gasteiger partial charge in [0.15, 0.2) is 5.82 Å². The smallest absolute Gasteiger partial charge is 0.242 e. The number of likely N-dealkylation sites (N-methyl/N-ethyl adjacent to an activating group) is 1. The van der Waals surface area contributed by atoms with E-state index in [2.05, 4.69) is 15.5 Å². The minimum atomic E-state index is -0.785. The van der Waals surface area contributed by atoms with Crippen molar-refractivity contribution < 1.29 is 13.7 Å². The second-order valence-corrected chi connectivity index (χ2v) is 5.98. The van der Waals surface area contributed by atoms with E-state index in [1.54, 1.807) is 19.2 Å². The minimum Gasteiger partial charge on any atom is -0.358 e. The third kappa shape index (κ3) is 3.80. The van der Waals surface area contributed by atoms with Gasteiger partial charge < -0.3 is 9.84 Å². The molecule has 0 atom stereocenters. The van der Waals surface area contributed by atoms with Gasteiger partial charge in [0.25, 0.3) is 0 Å². The Bertz CT molecular complexity index is 661. The van der Waals surface area contributed by atoms with E-state index < -0.39 is 5.41 Å². The highest BCUT2D eigenvalue weighted by molar-refractivity contribution is 5.86. The summed E-state index contributed by atoms with van der Waals surface area (Å²) < 4.78 is 18.4. The SMILES string of the molecule is CCCC(CCC)(C(=O)NC)c1nc(Cc2ccc(F)cc2)no1. The van der Waals surface area contributed by atoms with E-state index in [1.807, 2.05) is 13.8 Å². The molecule has 0 bridgehead atoms. The first kappa shape index (κ1) is 18.1. The number of amides is 1. The number of hydrogen-bond acceptors (Lipinski definition) is 4. The average molecular weight is 333 g/mol. The molecule has 1 aromatic carbocycles. The molecule has 0 saturated carbocycles. The summed E-state index contributed by atoms with van der Waals surface area (Å²) in [5.41, 5.74) is 0.104. The number of halogens is 1. The summed E-state index contributed by atoms with van der Waals surface area (Å²) in [6, 6.07) is 6.18. The van der Waals surface area contributed by atoms with Gasteiger partial charge in [0.05, 0.1) is 0 Å². The molecule has 0 radical (unpaired) electrons. The summed E-state index contributed by atoms with van der Waals surface area (Å²) in [7, 11) is 1.62. The lowest BCUT2D eigenvalue weighted by molar-refractivity contribution is -0.128. The van der Waals surface area contributed by atoms with Crippen LogP contribution in [0, 0.1) is 5.82 Å². The van der Waals surface area contributed by atoms with Crippen molar-refractivity contribution in [3.8, 4) is 0 Å². The maximum atomic E-state index is 13.0. The number of nitrogens with one attached hydrogen (secondary N) is 1. The highest BCUT2D eigenvalue weighted by Gasteiger charge is 2.43. The molecule has 2 rings (SSSR count). The Morgan fingerprint density at radius 2 is 1.83 bits per heavy atom. The second kappa shape index (κ2) is 8.04. The maximum absolute atomic E-state index is 13.0. The number of nitrogens with zero attached hydrogens (tertiary/aromatic N) is 2. The molecular weight excluding hydrogens is 309 g/mol. The summed E-state index contributed by atoms with van der Waals surface area (Å²) in [6.07, 6.45) is 3.41. The van der Waals surface area contributed by atoms with Crippen LogP contribution in [0.5, 0.6) is 0 Å². The first-order chi connectivity index (χ1) is 11.6. The lowest BCUT2D eigenvalue weighted by atomic mass is 9.78. The number of carbonyl (C=O) groups excluding carboxylic acids is 1. The monoisotopic (exact) mass is 333 g/mol. The van der Waals surface area contributed by atoms with Gasteiger partial charge in [-0.15, -0.1) is 0 Å². The largest absolute Gasteiger partial charge is 0.358 e. The first-order valence-corrected chi connectivity index (χ1v) is 8.35. The first-order valence-electron chi connectivity index (χ1n) is 8.35. The molecule has 2 aromatic rings. The van der Waals surface area contributed by atoms with Gasteiger partial charge in [-0.25, -0.2) is 4.39 Å². The number of benzene rings is 1. The number of carbonyl (C=O) groups is 1. The van der Waals surface area contributed by atoms with Crippen molar-refractivity contribution in [2.45, 2.75) is 51.4 Å². The van der Waals surface area contributed by atoms with Crippen LogP contribution in [0.2, 0.25) is 0 Å². The zero-order valence-corrected chi connectivity index (χ0v) is 14.4. The van der Waals surface area contributed by atoms with Crippen molar-refractivity contribution in [1.29, 1.82) is 0 Å². The maximum Gasteiger partial charge on any atom is 0.242 e. The van der Waals surface area contributed by atoms with Crippen LogP contribution in [-0.2, 0) is 16.6 Å². The van der Waals surface area contributed by atoms with Gasteiger partial charge in [-0.05, 0) is 30.5 Å². The van der Waals surface area contributed by atoms with Crippen LogP contribution in [0.15, 0.2) is 28.8 Å². The van der Waals surface area contributed by atoms with Crippen LogP contribution >= 0.6 is 0 Å². The fourth-order valence-corrected chi connectivity index (χ4v) is 3.06.